The highest BCUT2D eigenvalue weighted by Crippen LogP contribution is 2.29. The van der Waals surface area contributed by atoms with Gasteiger partial charge in [0.05, 0.1) is 7.11 Å². The van der Waals surface area contributed by atoms with Gasteiger partial charge in [0, 0.05) is 11.6 Å². The predicted molar refractivity (Wildman–Crippen MR) is 82.8 cm³/mol. The molecule has 0 bridgehead atoms. The van der Waals surface area contributed by atoms with Crippen LogP contribution in [0.4, 0.5) is 0 Å². The van der Waals surface area contributed by atoms with Gasteiger partial charge in [-0.1, -0.05) is 45.7 Å². The number of hydrogen-bond donors (Lipinski definition) is 1. The molecule has 1 aromatic carbocycles. The molecule has 0 aromatic heterocycles. The standard InChI is InChI=1S/C17H29NO/c1-6-18-16(9-7-8-13(2)3)15-11-10-14(4)12-17(15)19-5/h10-13,16,18H,6-9H2,1-5H3. The number of ether oxygens (including phenoxy) is 1. The maximum absolute atomic E-state index is 5.54. The van der Waals surface area contributed by atoms with Crippen molar-refractivity contribution < 1.29 is 4.74 Å². The van der Waals surface area contributed by atoms with Crippen LogP contribution in [0.2, 0.25) is 0 Å². The van der Waals surface area contributed by atoms with Gasteiger partial charge in [-0.25, -0.2) is 0 Å². The molecular formula is C17H29NO. The van der Waals surface area contributed by atoms with Crippen LogP contribution in [0, 0.1) is 12.8 Å². The van der Waals surface area contributed by atoms with Crippen molar-refractivity contribution in [3.8, 4) is 5.75 Å². The number of rotatable bonds is 8. The molecule has 1 N–H and O–H groups in total. The van der Waals surface area contributed by atoms with Crippen LogP contribution in [-0.2, 0) is 0 Å². The molecule has 0 aliphatic heterocycles. The molecule has 108 valence electrons. The van der Waals surface area contributed by atoms with Gasteiger partial charge in [-0.3, -0.25) is 0 Å². The first-order chi connectivity index (χ1) is 9.08. The van der Waals surface area contributed by atoms with Crippen LogP contribution < -0.4 is 10.1 Å². The van der Waals surface area contributed by atoms with E-state index in [9.17, 15) is 0 Å². The van der Waals surface area contributed by atoms with E-state index in [2.05, 4.69) is 51.2 Å². The molecule has 0 radical (unpaired) electrons. The van der Waals surface area contributed by atoms with Gasteiger partial charge < -0.3 is 10.1 Å². The van der Waals surface area contributed by atoms with Crippen molar-refractivity contribution in [2.24, 2.45) is 5.92 Å². The zero-order valence-electron chi connectivity index (χ0n) is 13.1. The Morgan fingerprint density at radius 3 is 2.53 bits per heavy atom. The largest absolute Gasteiger partial charge is 0.496 e. The molecule has 2 heteroatoms. The van der Waals surface area contributed by atoms with Crippen LogP contribution in [0.3, 0.4) is 0 Å². The second-order valence-electron chi connectivity index (χ2n) is 5.68. The predicted octanol–water partition coefficient (Wildman–Crippen LogP) is 4.48. The van der Waals surface area contributed by atoms with Gasteiger partial charge in [0.1, 0.15) is 5.75 Å². The molecular weight excluding hydrogens is 234 g/mol. The lowest BCUT2D eigenvalue weighted by Crippen LogP contribution is -2.21. The van der Waals surface area contributed by atoms with Crippen LogP contribution in [-0.4, -0.2) is 13.7 Å². The Hall–Kier alpha value is -1.02. The molecule has 1 atom stereocenters. The first kappa shape index (κ1) is 16.0. The van der Waals surface area contributed by atoms with Crippen LogP contribution in [0.15, 0.2) is 18.2 Å². The Kier molecular flexibility index (Phi) is 6.93. The summed E-state index contributed by atoms with van der Waals surface area (Å²) < 4.78 is 5.54. The van der Waals surface area contributed by atoms with E-state index in [4.69, 9.17) is 4.74 Å². The quantitative estimate of drug-likeness (QED) is 0.746. The highest BCUT2D eigenvalue weighted by Gasteiger charge is 2.15. The number of methoxy groups -OCH3 is 1. The first-order valence-electron chi connectivity index (χ1n) is 7.46. The number of benzene rings is 1. The SMILES string of the molecule is CCNC(CCCC(C)C)c1ccc(C)cc1OC. The van der Waals surface area contributed by atoms with Crippen LogP contribution in [0.25, 0.3) is 0 Å². The van der Waals surface area contributed by atoms with Gasteiger partial charge >= 0.3 is 0 Å². The normalized spacial score (nSPS) is 12.7. The van der Waals surface area contributed by atoms with Crippen LogP contribution in [0.5, 0.6) is 5.75 Å². The van der Waals surface area contributed by atoms with Gasteiger partial charge in [0.2, 0.25) is 0 Å². The molecule has 0 amide bonds. The highest BCUT2D eigenvalue weighted by molar-refractivity contribution is 5.39. The van der Waals surface area contributed by atoms with E-state index in [0.717, 1.165) is 18.2 Å². The molecule has 0 heterocycles. The molecule has 0 saturated carbocycles. The Bertz CT molecular complexity index is 374. The third-order valence-electron chi connectivity index (χ3n) is 3.49. The fraction of sp³-hybridized carbons (Fsp3) is 0.647. The van der Waals surface area contributed by atoms with Crippen LogP contribution >= 0.6 is 0 Å². The van der Waals surface area contributed by atoms with E-state index in [-0.39, 0.29) is 0 Å². The van der Waals surface area contributed by atoms with Crippen LogP contribution in [0.1, 0.15) is 57.2 Å². The van der Waals surface area contributed by atoms with Gasteiger partial charge in [-0.05, 0) is 37.4 Å². The second kappa shape index (κ2) is 8.21. The second-order valence-corrected chi connectivity index (χ2v) is 5.68. The lowest BCUT2D eigenvalue weighted by Gasteiger charge is -2.21. The minimum atomic E-state index is 0.402. The summed E-state index contributed by atoms with van der Waals surface area (Å²) in [5, 5.41) is 3.59. The summed E-state index contributed by atoms with van der Waals surface area (Å²) in [6.07, 6.45) is 3.72. The third-order valence-corrected chi connectivity index (χ3v) is 3.49. The average molecular weight is 263 g/mol. The van der Waals surface area contributed by atoms with E-state index in [1.165, 1.54) is 30.4 Å². The fourth-order valence-corrected chi connectivity index (χ4v) is 2.45. The minimum absolute atomic E-state index is 0.402. The molecule has 1 unspecified atom stereocenters. The maximum Gasteiger partial charge on any atom is 0.123 e. The molecule has 0 aliphatic rings. The number of aryl methyl sites for hydroxylation is 1. The van der Waals surface area contributed by atoms with Crippen molar-refractivity contribution in [3.05, 3.63) is 29.3 Å². The monoisotopic (exact) mass is 263 g/mol. The molecule has 1 aromatic rings. The molecule has 19 heavy (non-hydrogen) atoms. The zero-order valence-corrected chi connectivity index (χ0v) is 13.1. The Labute approximate surface area is 118 Å². The summed E-state index contributed by atoms with van der Waals surface area (Å²) in [6, 6.07) is 6.91. The van der Waals surface area contributed by atoms with Crippen molar-refractivity contribution in [2.75, 3.05) is 13.7 Å². The fourth-order valence-electron chi connectivity index (χ4n) is 2.45. The van der Waals surface area contributed by atoms with Gasteiger partial charge in [-0.15, -0.1) is 0 Å². The third kappa shape index (κ3) is 5.23. The topological polar surface area (TPSA) is 21.3 Å². The van der Waals surface area contributed by atoms with Crippen molar-refractivity contribution in [2.45, 2.75) is 53.0 Å². The molecule has 1 rings (SSSR count). The van der Waals surface area contributed by atoms with Gasteiger partial charge in [0.25, 0.3) is 0 Å². The summed E-state index contributed by atoms with van der Waals surface area (Å²) in [7, 11) is 1.76. The van der Waals surface area contributed by atoms with Gasteiger partial charge in [0.15, 0.2) is 0 Å². The summed E-state index contributed by atoms with van der Waals surface area (Å²) in [4.78, 5) is 0. The van der Waals surface area contributed by atoms with E-state index in [1.807, 2.05) is 0 Å². The lowest BCUT2D eigenvalue weighted by molar-refractivity contribution is 0.390. The van der Waals surface area contributed by atoms with E-state index >= 15 is 0 Å². The summed E-state index contributed by atoms with van der Waals surface area (Å²) in [5.41, 5.74) is 2.54. The number of nitrogens with one attached hydrogen (secondary N) is 1. The minimum Gasteiger partial charge on any atom is -0.496 e. The van der Waals surface area contributed by atoms with E-state index in [1.54, 1.807) is 7.11 Å². The number of hydrogen-bond acceptors (Lipinski definition) is 2. The summed E-state index contributed by atoms with van der Waals surface area (Å²) in [5.74, 6) is 1.79. The van der Waals surface area contributed by atoms with Crippen molar-refractivity contribution in [3.63, 3.8) is 0 Å². The Balaban J connectivity index is 2.79. The smallest absolute Gasteiger partial charge is 0.123 e. The Morgan fingerprint density at radius 2 is 1.95 bits per heavy atom. The molecule has 0 aliphatic carbocycles. The summed E-state index contributed by atoms with van der Waals surface area (Å²) >= 11 is 0. The lowest BCUT2D eigenvalue weighted by atomic mass is 9.96. The first-order valence-corrected chi connectivity index (χ1v) is 7.46. The van der Waals surface area contributed by atoms with E-state index in [0.29, 0.717) is 6.04 Å². The Morgan fingerprint density at radius 1 is 1.21 bits per heavy atom. The molecule has 0 saturated heterocycles. The average Bonchev–Trinajstić information content (AvgIpc) is 2.37. The van der Waals surface area contributed by atoms with E-state index < -0.39 is 0 Å². The maximum atomic E-state index is 5.54. The zero-order chi connectivity index (χ0) is 14.3. The molecule has 0 fully saturated rings. The molecule has 2 nitrogen and oxygen atoms in total. The highest BCUT2D eigenvalue weighted by atomic mass is 16.5. The van der Waals surface area contributed by atoms with Crippen molar-refractivity contribution >= 4 is 0 Å². The van der Waals surface area contributed by atoms with Gasteiger partial charge in [-0.2, -0.15) is 0 Å². The molecule has 0 spiro atoms. The van der Waals surface area contributed by atoms with Crippen molar-refractivity contribution in [1.82, 2.24) is 5.32 Å². The van der Waals surface area contributed by atoms with Crippen molar-refractivity contribution in [1.29, 1.82) is 0 Å². The summed E-state index contributed by atoms with van der Waals surface area (Å²) in [6.45, 7) is 9.83.